The third-order valence-electron chi connectivity index (χ3n) is 5.02. The summed E-state index contributed by atoms with van der Waals surface area (Å²) >= 11 is 1.71. The van der Waals surface area contributed by atoms with Crippen LogP contribution in [0, 0.1) is 18.8 Å². The minimum Gasteiger partial charge on any atom is -0.356 e. The van der Waals surface area contributed by atoms with Crippen LogP contribution in [0.4, 0.5) is 0 Å². The van der Waals surface area contributed by atoms with Crippen LogP contribution in [-0.4, -0.2) is 48.5 Å². The Labute approximate surface area is 167 Å². The number of carbonyl (C=O) groups is 1. The summed E-state index contributed by atoms with van der Waals surface area (Å²) in [5, 5.41) is 9.80. The maximum atomic E-state index is 12.3. The summed E-state index contributed by atoms with van der Waals surface area (Å²) in [6.45, 7) is 8.06. The second-order valence-electron chi connectivity index (χ2n) is 6.85. The molecule has 3 heterocycles. The highest BCUT2D eigenvalue weighted by molar-refractivity contribution is 7.09. The Kier molecular flexibility index (Phi) is 10.3. The molecule has 0 aliphatic carbocycles. The van der Waals surface area contributed by atoms with Gasteiger partial charge in [-0.05, 0) is 64.7 Å². The number of likely N-dealkylation sites (tertiary alicyclic amines) is 1. The number of aryl methyl sites for hydroxylation is 1. The van der Waals surface area contributed by atoms with Gasteiger partial charge < -0.3 is 10.6 Å². The van der Waals surface area contributed by atoms with E-state index in [4.69, 9.17) is 0 Å². The van der Waals surface area contributed by atoms with E-state index in [0.29, 0.717) is 0 Å². The van der Waals surface area contributed by atoms with Crippen LogP contribution < -0.4 is 10.6 Å². The summed E-state index contributed by atoms with van der Waals surface area (Å²) in [6.07, 6.45) is 4.31. The van der Waals surface area contributed by atoms with Gasteiger partial charge in [-0.3, -0.25) is 9.69 Å². The minimum atomic E-state index is 0. The van der Waals surface area contributed by atoms with Crippen LogP contribution in [0.25, 0.3) is 0 Å². The monoisotopic (exact) mass is 408 g/mol. The molecule has 1 unspecified atom stereocenters. The van der Waals surface area contributed by atoms with Crippen molar-refractivity contribution < 1.29 is 4.79 Å². The number of amides is 1. The molecule has 0 radical (unpaired) electrons. The first kappa shape index (κ1) is 22.6. The maximum absolute atomic E-state index is 12.3. The highest BCUT2D eigenvalue weighted by Gasteiger charge is 2.25. The predicted molar refractivity (Wildman–Crippen MR) is 108 cm³/mol. The van der Waals surface area contributed by atoms with Gasteiger partial charge in [0.25, 0.3) is 0 Å². The molecule has 2 aliphatic rings. The van der Waals surface area contributed by atoms with Crippen molar-refractivity contribution in [1.82, 2.24) is 20.5 Å². The van der Waals surface area contributed by atoms with E-state index < -0.39 is 0 Å². The first-order chi connectivity index (χ1) is 11.2. The Morgan fingerprint density at radius 1 is 1.36 bits per heavy atom. The van der Waals surface area contributed by atoms with Gasteiger partial charge in [0.2, 0.25) is 5.91 Å². The summed E-state index contributed by atoms with van der Waals surface area (Å²) in [7, 11) is 0. The van der Waals surface area contributed by atoms with E-state index in [0.717, 1.165) is 69.5 Å². The highest BCUT2D eigenvalue weighted by Crippen LogP contribution is 2.20. The fourth-order valence-electron chi connectivity index (χ4n) is 3.57. The number of nitrogens with one attached hydrogen (secondary N) is 2. The lowest BCUT2D eigenvalue weighted by atomic mass is 9.95. The lowest BCUT2D eigenvalue weighted by molar-refractivity contribution is -0.126. The van der Waals surface area contributed by atoms with Crippen LogP contribution in [0.3, 0.4) is 0 Å². The van der Waals surface area contributed by atoms with Gasteiger partial charge >= 0.3 is 0 Å². The molecule has 0 bridgehead atoms. The molecule has 3 rings (SSSR count). The Balaban J connectivity index is 0.00000156. The fraction of sp³-hybridized carbons (Fsp3) is 0.765. The third-order valence-corrected chi connectivity index (χ3v) is 5.85. The largest absolute Gasteiger partial charge is 0.356 e. The van der Waals surface area contributed by atoms with Crippen LogP contribution in [0.2, 0.25) is 0 Å². The molecule has 8 heteroatoms. The molecule has 1 atom stereocenters. The van der Waals surface area contributed by atoms with Gasteiger partial charge in [-0.25, -0.2) is 4.98 Å². The molecule has 0 spiro atoms. The number of rotatable bonds is 6. The van der Waals surface area contributed by atoms with Crippen LogP contribution >= 0.6 is 36.2 Å². The number of halogens is 2. The average molecular weight is 409 g/mol. The van der Waals surface area contributed by atoms with Crippen molar-refractivity contribution in [3.05, 3.63) is 16.1 Å². The van der Waals surface area contributed by atoms with Crippen molar-refractivity contribution in [2.24, 2.45) is 11.8 Å². The molecule has 1 aromatic heterocycles. The molecule has 5 nitrogen and oxygen atoms in total. The van der Waals surface area contributed by atoms with Gasteiger partial charge in [0.1, 0.15) is 0 Å². The van der Waals surface area contributed by atoms with Gasteiger partial charge in [-0.1, -0.05) is 0 Å². The molecule has 0 saturated carbocycles. The minimum absolute atomic E-state index is 0. The van der Waals surface area contributed by atoms with Gasteiger partial charge in [0, 0.05) is 24.4 Å². The third kappa shape index (κ3) is 7.02. The molecule has 2 aliphatic heterocycles. The molecule has 2 N–H and O–H groups in total. The predicted octanol–water partition coefficient (Wildman–Crippen LogP) is 2.62. The summed E-state index contributed by atoms with van der Waals surface area (Å²) in [6, 6.07) is 0. The topological polar surface area (TPSA) is 57.3 Å². The molecule has 25 heavy (non-hydrogen) atoms. The summed E-state index contributed by atoms with van der Waals surface area (Å²) in [5.41, 5.74) is 1.17. The fourth-order valence-corrected chi connectivity index (χ4v) is 4.17. The Morgan fingerprint density at radius 2 is 2.12 bits per heavy atom. The number of thiazole rings is 1. The van der Waals surface area contributed by atoms with E-state index in [-0.39, 0.29) is 36.6 Å². The van der Waals surface area contributed by atoms with Crippen molar-refractivity contribution in [2.45, 2.75) is 39.2 Å². The average Bonchev–Trinajstić information content (AvgIpc) is 3.20. The zero-order chi connectivity index (χ0) is 16.1. The number of aromatic nitrogens is 1. The van der Waals surface area contributed by atoms with Crippen LogP contribution in [0.15, 0.2) is 5.38 Å². The number of hydrogen-bond donors (Lipinski definition) is 2. The van der Waals surface area contributed by atoms with Gasteiger partial charge in [0.05, 0.1) is 10.7 Å². The molecule has 2 fully saturated rings. The van der Waals surface area contributed by atoms with Crippen molar-refractivity contribution in [3.63, 3.8) is 0 Å². The first-order valence-corrected chi connectivity index (χ1v) is 9.70. The lowest BCUT2D eigenvalue weighted by Crippen LogP contribution is -2.40. The second kappa shape index (κ2) is 11.3. The summed E-state index contributed by atoms with van der Waals surface area (Å²) < 4.78 is 0. The van der Waals surface area contributed by atoms with Crippen LogP contribution in [0.1, 0.15) is 36.4 Å². The zero-order valence-electron chi connectivity index (χ0n) is 14.8. The van der Waals surface area contributed by atoms with E-state index in [1.807, 2.05) is 6.92 Å². The van der Waals surface area contributed by atoms with Crippen LogP contribution in [-0.2, 0) is 11.3 Å². The van der Waals surface area contributed by atoms with Gasteiger partial charge in [0.15, 0.2) is 0 Å². The number of piperidine rings is 1. The number of nitrogens with zero attached hydrogens (tertiary/aromatic N) is 2. The van der Waals surface area contributed by atoms with E-state index in [9.17, 15) is 4.79 Å². The molecule has 144 valence electrons. The lowest BCUT2D eigenvalue weighted by Gasteiger charge is -2.30. The Bertz CT molecular complexity index is 515. The molecular weight excluding hydrogens is 379 g/mol. The Hall–Kier alpha value is -0.400. The standard InChI is InChI=1S/C17H28N4OS.2ClH/c1-13-20-16(12-23-13)11-21-8-4-15(5-9-21)17(22)19-7-3-14-2-6-18-10-14;;/h12,14-15,18H,2-11H2,1H3,(H,19,22);2*1H. The Morgan fingerprint density at radius 3 is 2.72 bits per heavy atom. The van der Waals surface area contributed by atoms with E-state index >= 15 is 0 Å². The summed E-state index contributed by atoms with van der Waals surface area (Å²) in [5.74, 6) is 1.21. The molecule has 1 amide bonds. The molecule has 2 saturated heterocycles. The van der Waals surface area contributed by atoms with Crippen LogP contribution in [0.5, 0.6) is 0 Å². The van der Waals surface area contributed by atoms with E-state index in [2.05, 4.69) is 25.9 Å². The first-order valence-electron chi connectivity index (χ1n) is 8.82. The highest BCUT2D eigenvalue weighted by atomic mass is 35.5. The van der Waals surface area contributed by atoms with Crippen molar-refractivity contribution in [2.75, 3.05) is 32.7 Å². The number of hydrogen-bond acceptors (Lipinski definition) is 5. The second-order valence-corrected chi connectivity index (χ2v) is 7.91. The normalized spacial score (nSPS) is 21.4. The van der Waals surface area contributed by atoms with Crippen molar-refractivity contribution in [3.8, 4) is 0 Å². The molecule has 0 aromatic carbocycles. The SMILES string of the molecule is Cc1nc(CN2CCC(C(=O)NCCC3CCNC3)CC2)cs1.Cl.Cl. The molecule has 1 aromatic rings. The van der Waals surface area contributed by atoms with Crippen molar-refractivity contribution in [1.29, 1.82) is 0 Å². The smallest absolute Gasteiger partial charge is 0.223 e. The number of carbonyl (C=O) groups excluding carboxylic acids is 1. The zero-order valence-corrected chi connectivity index (χ0v) is 17.3. The van der Waals surface area contributed by atoms with Crippen molar-refractivity contribution >= 4 is 42.1 Å². The van der Waals surface area contributed by atoms with E-state index in [1.54, 1.807) is 11.3 Å². The van der Waals surface area contributed by atoms with Gasteiger partial charge in [-0.15, -0.1) is 36.2 Å². The maximum Gasteiger partial charge on any atom is 0.223 e. The van der Waals surface area contributed by atoms with E-state index in [1.165, 1.54) is 12.1 Å². The summed E-state index contributed by atoms with van der Waals surface area (Å²) in [4.78, 5) is 19.2. The quantitative estimate of drug-likeness (QED) is 0.759. The van der Waals surface area contributed by atoms with Gasteiger partial charge in [-0.2, -0.15) is 0 Å². The molecular formula is C17H30Cl2N4OS.